The van der Waals surface area contributed by atoms with E-state index < -0.39 is 11.4 Å². The Labute approximate surface area is 204 Å². The summed E-state index contributed by atoms with van der Waals surface area (Å²) in [5.74, 6) is -0.111. The van der Waals surface area contributed by atoms with Crippen molar-refractivity contribution in [3.8, 4) is 22.6 Å². The maximum atomic E-state index is 13.1. The molecule has 0 saturated heterocycles. The second kappa shape index (κ2) is 9.21. The Morgan fingerprint density at radius 2 is 1.83 bits per heavy atom. The van der Waals surface area contributed by atoms with Crippen LogP contribution in [-0.2, 0) is 16.1 Å². The molecule has 0 spiro atoms. The summed E-state index contributed by atoms with van der Waals surface area (Å²) in [5, 5.41) is 4.98. The number of H-pyrrole nitrogens is 1. The Hall–Kier alpha value is -3.61. The number of aromatic nitrogens is 3. The maximum Gasteiger partial charge on any atom is 0.439 e. The summed E-state index contributed by atoms with van der Waals surface area (Å²) in [6.07, 6.45) is 5.93. The molecule has 0 amide bonds. The van der Waals surface area contributed by atoms with Gasteiger partial charge in [-0.3, -0.25) is 14.3 Å². The Morgan fingerprint density at radius 3 is 2.49 bits per heavy atom. The summed E-state index contributed by atoms with van der Waals surface area (Å²) < 4.78 is 12.5. The summed E-state index contributed by atoms with van der Waals surface area (Å²) in [6, 6.07) is 16.3. The highest BCUT2D eigenvalue weighted by Crippen LogP contribution is 2.44. The van der Waals surface area contributed by atoms with E-state index >= 15 is 0 Å². The van der Waals surface area contributed by atoms with E-state index in [-0.39, 0.29) is 12.5 Å². The Bertz CT molecular complexity index is 1400. The minimum Gasteiger partial charge on any atom is -0.459 e. The van der Waals surface area contributed by atoms with Gasteiger partial charge in [0.15, 0.2) is 5.82 Å². The largest absolute Gasteiger partial charge is 0.459 e. The van der Waals surface area contributed by atoms with Gasteiger partial charge in [0.2, 0.25) is 0 Å². The second-order valence-corrected chi connectivity index (χ2v) is 10.3. The van der Waals surface area contributed by atoms with Crippen molar-refractivity contribution in [2.75, 3.05) is 0 Å². The van der Waals surface area contributed by atoms with Crippen LogP contribution in [0.3, 0.4) is 0 Å². The lowest BCUT2D eigenvalue weighted by Gasteiger charge is -2.24. The third kappa shape index (κ3) is 4.81. The van der Waals surface area contributed by atoms with E-state index in [0.29, 0.717) is 11.7 Å². The van der Waals surface area contributed by atoms with E-state index in [0.717, 1.165) is 40.6 Å². The summed E-state index contributed by atoms with van der Waals surface area (Å²) in [4.78, 5) is 27.3. The van der Waals surface area contributed by atoms with Crippen molar-refractivity contribution in [1.29, 1.82) is 0 Å². The molecule has 2 aromatic heterocycles. The number of fused-ring (bicyclic) bond motifs is 1. The quantitative estimate of drug-likeness (QED) is 0.357. The number of hydrogen-bond donors (Lipinski definition) is 1. The average Bonchev–Trinajstić information content (AvgIpc) is 3.40. The van der Waals surface area contributed by atoms with Gasteiger partial charge in [-0.1, -0.05) is 66.9 Å². The zero-order valence-corrected chi connectivity index (χ0v) is 20.5. The van der Waals surface area contributed by atoms with Gasteiger partial charge in [-0.15, -0.1) is 0 Å². The highest BCUT2D eigenvalue weighted by molar-refractivity contribution is 5.95. The molecule has 0 aliphatic heterocycles. The molecule has 4 aromatic rings. The van der Waals surface area contributed by atoms with Crippen molar-refractivity contribution >= 4 is 16.9 Å². The molecule has 5 rings (SSSR count). The summed E-state index contributed by atoms with van der Waals surface area (Å²) in [6.45, 7) is 5.72. The number of nitrogens with zero attached hydrogens (tertiary/aromatic N) is 2. The molecule has 2 aromatic carbocycles. The van der Waals surface area contributed by atoms with Crippen LogP contribution in [0.4, 0.5) is 0 Å². The van der Waals surface area contributed by atoms with Gasteiger partial charge in [0, 0.05) is 10.9 Å². The molecule has 0 atom stereocenters. The van der Waals surface area contributed by atoms with Gasteiger partial charge in [0.1, 0.15) is 12.1 Å². The summed E-state index contributed by atoms with van der Waals surface area (Å²) in [5.41, 5.74) is 4.48. The first-order valence-corrected chi connectivity index (χ1v) is 12.3. The fourth-order valence-corrected chi connectivity index (χ4v) is 5.26. The van der Waals surface area contributed by atoms with E-state index in [1.54, 1.807) is 0 Å². The third-order valence-electron chi connectivity index (χ3n) is 6.59. The lowest BCUT2D eigenvalue weighted by molar-refractivity contribution is -0.155. The normalized spacial score (nSPS) is 14.9. The van der Waals surface area contributed by atoms with Crippen molar-refractivity contribution in [3.63, 3.8) is 0 Å². The molecule has 1 N–H and O–H groups in total. The molecule has 7 heteroatoms. The number of benzene rings is 2. The first kappa shape index (κ1) is 23.1. The monoisotopic (exact) mass is 473 g/mol. The van der Waals surface area contributed by atoms with Gasteiger partial charge in [-0.25, -0.2) is 4.79 Å². The van der Waals surface area contributed by atoms with Gasteiger partial charge >= 0.3 is 11.7 Å². The summed E-state index contributed by atoms with van der Waals surface area (Å²) in [7, 11) is 0. The number of nitrogens with one attached hydrogen (secondary N) is 1. The van der Waals surface area contributed by atoms with Gasteiger partial charge in [-0.2, -0.15) is 0 Å². The zero-order chi connectivity index (χ0) is 24.6. The lowest BCUT2D eigenvalue weighted by atomic mass is 9.82. The van der Waals surface area contributed by atoms with Crippen molar-refractivity contribution in [3.05, 3.63) is 64.6 Å². The van der Waals surface area contributed by atoms with Gasteiger partial charge in [-0.05, 0) is 56.7 Å². The molecule has 1 aliphatic carbocycles. The molecule has 182 valence electrons. The van der Waals surface area contributed by atoms with Crippen LogP contribution < -0.4 is 5.76 Å². The molecule has 0 unspecified atom stereocenters. The number of esters is 1. The van der Waals surface area contributed by atoms with Crippen LogP contribution in [-0.4, -0.2) is 26.3 Å². The maximum absolute atomic E-state index is 13.1. The Balaban J connectivity index is 1.75. The topological polar surface area (TPSA) is 90.1 Å². The van der Waals surface area contributed by atoms with Crippen LogP contribution in [0.15, 0.2) is 57.8 Å². The van der Waals surface area contributed by atoms with Crippen molar-refractivity contribution in [2.24, 2.45) is 0 Å². The minimum atomic E-state index is -0.600. The Morgan fingerprint density at radius 1 is 1.09 bits per heavy atom. The van der Waals surface area contributed by atoms with E-state index in [9.17, 15) is 9.59 Å². The predicted molar refractivity (Wildman–Crippen MR) is 135 cm³/mol. The van der Waals surface area contributed by atoms with Crippen molar-refractivity contribution < 1.29 is 14.1 Å². The first-order valence-electron chi connectivity index (χ1n) is 12.3. The van der Waals surface area contributed by atoms with Gasteiger partial charge < -0.3 is 9.30 Å². The number of rotatable bonds is 5. The molecule has 0 bridgehead atoms. The first-order chi connectivity index (χ1) is 16.8. The average molecular weight is 474 g/mol. The summed E-state index contributed by atoms with van der Waals surface area (Å²) >= 11 is 0. The molecular weight excluding hydrogens is 442 g/mol. The smallest absolute Gasteiger partial charge is 0.439 e. The SMILES string of the molecule is CC(C)(C)OC(=O)Cn1c(-c2ccccc2)c(C2CCCCC2)c2ccc(-c3noc(=O)[nH]3)cc21. The van der Waals surface area contributed by atoms with Crippen molar-refractivity contribution in [1.82, 2.24) is 14.7 Å². The molecular formula is C28H31N3O4. The van der Waals surface area contributed by atoms with Crippen molar-refractivity contribution in [2.45, 2.75) is 70.9 Å². The number of ether oxygens (including phenoxy) is 1. The molecule has 1 saturated carbocycles. The molecule has 2 heterocycles. The van der Waals surface area contributed by atoms with Crippen LogP contribution in [0.2, 0.25) is 0 Å². The highest BCUT2D eigenvalue weighted by atomic mass is 16.6. The van der Waals surface area contributed by atoms with E-state index in [2.05, 4.69) is 32.9 Å². The highest BCUT2D eigenvalue weighted by Gasteiger charge is 2.28. The number of aromatic amines is 1. The van der Waals surface area contributed by atoms with Gasteiger partial charge in [0.25, 0.3) is 0 Å². The van der Waals surface area contributed by atoms with Crippen LogP contribution in [0.25, 0.3) is 33.5 Å². The second-order valence-electron chi connectivity index (χ2n) is 10.3. The third-order valence-corrected chi connectivity index (χ3v) is 6.59. The van der Waals surface area contributed by atoms with Crippen LogP contribution >= 0.6 is 0 Å². The van der Waals surface area contributed by atoms with Crippen LogP contribution in [0.1, 0.15) is 64.4 Å². The fraction of sp³-hybridized carbons (Fsp3) is 0.393. The fourth-order valence-electron chi connectivity index (χ4n) is 5.26. The molecule has 35 heavy (non-hydrogen) atoms. The molecule has 1 aliphatic rings. The zero-order valence-electron chi connectivity index (χ0n) is 20.5. The predicted octanol–water partition coefficient (Wildman–Crippen LogP) is 6.04. The number of carbonyl (C=O) groups excluding carboxylic acids is 1. The van der Waals surface area contributed by atoms with E-state index in [4.69, 9.17) is 9.26 Å². The molecule has 7 nitrogen and oxygen atoms in total. The van der Waals surface area contributed by atoms with E-state index in [1.165, 1.54) is 24.8 Å². The molecule has 0 radical (unpaired) electrons. The standard InChI is InChI=1S/C28H31N3O4/c1-28(2,3)34-23(32)17-31-22-16-20(26-29-27(33)35-30-26)14-15-21(22)24(18-10-6-4-7-11-18)25(31)19-12-8-5-9-13-19/h5,8-9,12-16,18H,4,6-7,10-11,17H2,1-3H3,(H,29,30,33). The Kier molecular flexibility index (Phi) is 6.09. The van der Waals surface area contributed by atoms with E-state index in [1.807, 2.05) is 51.1 Å². The number of carbonyl (C=O) groups is 1. The lowest BCUT2D eigenvalue weighted by Crippen LogP contribution is -2.26. The number of hydrogen-bond acceptors (Lipinski definition) is 5. The van der Waals surface area contributed by atoms with Crippen LogP contribution in [0, 0.1) is 0 Å². The molecule has 1 fully saturated rings. The minimum absolute atomic E-state index is 0.0868. The van der Waals surface area contributed by atoms with Crippen LogP contribution in [0.5, 0.6) is 0 Å². The van der Waals surface area contributed by atoms with Gasteiger partial charge in [0.05, 0.1) is 11.2 Å².